The summed E-state index contributed by atoms with van der Waals surface area (Å²) in [4.78, 5) is 10.5. The van der Waals surface area contributed by atoms with E-state index in [0.717, 1.165) is 57.8 Å². The van der Waals surface area contributed by atoms with E-state index in [2.05, 4.69) is 20.0 Å². The second kappa shape index (κ2) is 9.34. The highest BCUT2D eigenvalue weighted by atomic mass is 19.4. The highest BCUT2D eigenvalue weighted by Gasteiger charge is 2.32. The van der Waals surface area contributed by atoms with Gasteiger partial charge in [-0.3, -0.25) is 9.88 Å². The Morgan fingerprint density at radius 3 is 2.68 bits per heavy atom. The maximum Gasteiger partial charge on any atom is 0.433 e. The van der Waals surface area contributed by atoms with Crippen LogP contribution in [0.25, 0.3) is 11.3 Å². The van der Waals surface area contributed by atoms with Crippen molar-refractivity contribution in [1.29, 1.82) is 0 Å². The summed E-state index contributed by atoms with van der Waals surface area (Å²) in [6, 6.07) is 4.79. The summed E-state index contributed by atoms with van der Waals surface area (Å²) in [5, 5.41) is 4.00. The molecular weight excluding hydrogens is 449 g/mol. The van der Waals surface area contributed by atoms with Gasteiger partial charge in [0.15, 0.2) is 0 Å². The van der Waals surface area contributed by atoms with Crippen LogP contribution in [0, 0.1) is 6.92 Å². The van der Waals surface area contributed by atoms with Gasteiger partial charge < -0.3 is 14.0 Å². The molecule has 0 atom stereocenters. The molecule has 1 fully saturated rings. The van der Waals surface area contributed by atoms with Crippen molar-refractivity contribution in [1.82, 2.24) is 20.0 Å². The van der Waals surface area contributed by atoms with Crippen LogP contribution < -0.4 is 4.74 Å². The van der Waals surface area contributed by atoms with Crippen LogP contribution >= 0.6 is 0 Å². The Hall–Kier alpha value is -2.98. The van der Waals surface area contributed by atoms with Gasteiger partial charge in [-0.05, 0) is 49.4 Å². The predicted molar refractivity (Wildman–Crippen MR) is 116 cm³/mol. The number of ether oxygens (including phenoxy) is 2. The van der Waals surface area contributed by atoms with Crippen LogP contribution in [0.2, 0.25) is 0 Å². The SMILES string of the molecule is Cc1onc(-c2ccc(C(F)(F)F)nc2)c1COc1cc2c(cn1)CN(C1CCOCC1)CC2. The van der Waals surface area contributed by atoms with Crippen molar-refractivity contribution in [3.63, 3.8) is 0 Å². The summed E-state index contributed by atoms with van der Waals surface area (Å²) in [6.07, 6.45) is 1.59. The van der Waals surface area contributed by atoms with Gasteiger partial charge >= 0.3 is 6.18 Å². The normalized spacial score (nSPS) is 17.5. The van der Waals surface area contributed by atoms with Gasteiger partial charge in [-0.1, -0.05) is 5.16 Å². The zero-order chi connectivity index (χ0) is 23.7. The molecule has 10 heteroatoms. The minimum absolute atomic E-state index is 0.131. The molecule has 0 radical (unpaired) electrons. The lowest BCUT2D eigenvalue weighted by Gasteiger charge is -2.37. The van der Waals surface area contributed by atoms with Crippen LogP contribution in [0.15, 0.2) is 35.1 Å². The maximum atomic E-state index is 12.8. The number of fused-ring (bicyclic) bond motifs is 1. The van der Waals surface area contributed by atoms with E-state index in [4.69, 9.17) is 14.0 Å². The minimum atomic E-state index is -4.50. The lowest BCUT2D eigenvalue weighted by atomic mass is 9.98. The lowest BCUT2D eigenvalue weighted by Crippen LogP contribution is -2.42. The summed E-state index contributed by atoms with van der Waals surface area (Å²) in [5.74, 6) is 1.02. The van der Waals surface area contributed by atoms with E-state index in [9.17, 15) is 13.2 Å². The van der Waals surface area contributed by atoms with Crippen LogP contribution in [-0.4, -0.2) is 45.8 Å². The third-order valence-corrected chi connectivity index (χ3v) is 6.48. The number of halogens is 3. The molecule has 1 saturated heterocycles. The number of rotatable bonds is 5. The number of hydrogen-bond donors (Lipinski definition) is 0. The molecule has 0 aromatic carbocycles. The third-order valence-electron chi connectivity index (χ3n) is 6.48. The van der Waals surface area contributed by atoms with Crippen molar-refractivity contribution < 1.29 is 27.2 Å². The van der Waals surface area contributed by atoms with Crippen molar-refractivity contribution in [3.05, 3.63) is 58.7 Å². The van der Waals surface area contributed by atoms with Crippen molar-refractivity contribution in [3.8, 4) is 17.1 Å². The summed E-state index contributed by atoms with van der Waals surface area (Å²) in [5.41, 5.74) is 2.96. The average molecular weight is 474 g/mol. The summed E-state index contributed by atoms with van der Waals surface area (Å²) in [7, 11) is 0. The molecule has 0 N–H and O–H groups in total. The first-order chi connectivity index (χ1) is 16.4. The average Bonchev–Trinajstić information content (AvgIpc) is 3.22. The minimum Gasteiger partial charge on any atom is -0.473 e. The van der Waals surface area contributed by atoms with E-state index in [1.165, 1.54) is 17.2 Å². The first-order valence-electron chi connectivity index (χ1n) is 11.3. The third kappa shape index (κ3) is 4.78. The Labute approximate surface area is 194 Å². The fourth-order valence-corrected chi connectivity index (χ4v) is 4.52. The molecule has 0 bridgehead atoms. The second-order valence-electron chi connectivity index (χ2n) is 8.64. The van der Waals surface area contributed by atoms with Crippen LogP contribution in [0.1, 0.15) is 41.0 Å². The molecule has 3 aromatic heterocycles. The van der Waals surface area contributed by atoms with Crippen molar-refractivity contribution >= 4 is 0 Å². The van der Waals surface area contributed by atoms with E-state index in [1.807, 2.05) is 12.3 Å². The van der Waals surface area contributed by atoms with Gasteiger partial charge in [0.05, 0.1) is 5.56 Å². The van der Waals surface area contributed by atoms with Gasteiger partial charge in [0.1, 0.15) is 23.8 Å². The van der Waals surface area contributed by atoms with Gasteiger partial charge in [0, 0.05) is 56.4 Å². The van der Waals surface area contributed by atoms with Crippen molar-refractivity contribution in [2.45, 2.75) is 51.6 Å². The molecule has 3 aromatic rings. The Bertz CT molecular complexity index is 1140. The Balaban J connectivity index is 1.27. The second-order valence-corrected chi connectivity index (χ2v) is 8.64. The van der Waals surface area contributed by atoms with Gasteiger partial charge in [0.2, 0.25) is 5.88 Å². The fourth-order valence-electron chi connectivity index (χ4n) is 4.52. The summed E-state index contributed by atoms with van der Waals surface area (Å²) in [6.45, 7) is 5.39. The van der Waals surface area contributed by atoms with Gasteiger partial charge in [-0.15, -0.1) is 0 Å². The number of hydrogen-bond acceptors (Lipinski definition) is 7. The molecule has 34 heavy (non-hydrogen) atoms. The standard InChI is InChI=1S/C24H25F3N4O3/c1-15-20(23(30-34-15)17-2-3-21(28-11-17)24(25,26)27)14-33-22-10-16-4-7-31(13-18(16)12-29-22)19-5-8-32-9-6-19/h2-3,10-12,19H,4-9,13-14H2,1H3. The number of nitrogens with zero attached hydrogens (tertiary/aromatic N) is 4. The van der Waals surface area contributed by atoms with E-state index >= 15 is 0 Å². The Morgan fingerprint density at radius 2 is 1.94 bits per heavy atom. The predicted octanol–water partition coefficient (Wildman–Crippen LogP) is 4.57. The fraction of sp³-hybridized carbons (Fsp3) is 0.458. The van der Waals surface area contributed by atoms with Crippen molar-refractivity contribution in [2.75, 3.05) is 19.8 Å². The molecule has 0 spiro atoms. The molecule has 180 valence electrons. The first-order valence-corrected chi connectivity index (χ1v) is 11.3. The van der Waals surface area contributed by atoms with Crippen LogP contribution in [0.3, 0.4) is 0 Å². The van der Waals surface area contributed by atoms with Crippen LogP contribution in [-0.2, 0) is 30.5 Å². The van der Waals surface area contributed by atoms with Gasteiger partial charge in [-0.25, -0.2) is 4.98 Å². The highest BCUT2D eigenvalue weighted by Crippen LogP contribution is 2.31. The Morgan fingerprint density at radius 1 is 1.12 bits per heavy atom. The number of alkyl halides is 3. The zero-order valence-electron chi connectivity index (χ0n) is 18.8. The molecule has 0 unspecified atom stereocenters. The molecule has 0 saturated carbocycles. The van der Waals surface area contributed by atoms with Crippen molar-refractivity contribution in [2.24, 2.45) is 0 Å². The molecule has 0 aliphatic carbocycles. The molecule has 5 rings (SSSR count). The molecule has 7 nitrogen and oxygen atoms in total. The number of pyridine rings is 2. The maximum absolute atomic E-state index is 12.8. The van der Waals surface area contributed by atoms with Crippen LogP contribution in [0.4, 0.5) is 13.2 Å². The Kier molecular flexibility index (Phi) is 6.26. The lowest BCUT2D eigenvalue weighted by molar-refractivity contribution is -0.141. The quantitative estimate of drug-likeness (QED) is 0.536. The van der Waals surface area contributed by atoms with E-state index in [-0.39, 0.29) is 6.61 Å². The topological polar surface area (TPSA) is 73.5 Å². The van der Waals surface area contributed by atoms with E-state index in [1.54, 1.807) is 6.92 Å². The number of aromatic nitrogens is 3. The zero-order valence-corrected chi connectivity index (χ0v) is 18.8. The number of aryl methyl sites for hydroxylation is 1. The first kappa shape index (κ1) is 22.8. The van der Waals surface area contributed by atoms with Gasteiger partial charge in [-0.2, -0.15) is 13.2 Å². The monoisotopic (exact) mass is 474 g/mol. The molecule has 0 amide bonds. The molecule has 5 heterocycles. The van der Waals surface area contributed by atoms with E-state index in [0.29, 0.717) is 34.5 Å². The highest BCUT2D eigenvalue weighted by molar-refractivity contribution is 5.62. The smallest absolute Gasteiger partial charge is 0.433 e. The van der Waals surface area contributed by atoms with Gasteiger partial charge in [0.25, 0.3) is 0 Å². The largest absolute Gasteiger partial charge is 0.473 e. The summed E-state index contributed by atoms with van der Waals surface area (Å²) < 4.78 is 55.2. The molecule has 2 aliphatic heterocycles. The summed E-state index contributed by atoms with van der Waals surface area (Å²) >= 11 is 0. The van der Waals surface area contributed by atoms with Crippen LogP contribution in [0.5, 0.6) is 5.88 Å². The molecular formula is C24H25F3N4O3. The van der Waals surface area contributed by atoms with E-state index < -0.39 is 11.9 Å². The molecule has 2 aliphatic rings.